The number of nitrogens with one attached hydrogen (secondary N) is 1. The van der Waals surface area contributed by atoms with E-state index in [1.54, 1.807) is 42.5 Å². The van der Waals surface area contributed by atoms with Crippen LogP contribution in [0.4, 0.5) is 15.8 Å². The third-order valence-electron chi connectivity index (χ3n) is 5.08. The van der Waals surface area contributed by atoms with Gasteiger partial charge >= 0.3 is 0 Å². The first-order chi connectivity index (χ1) is 14.3. The third kappa shape index (κ3) is 3.34. The summed E-state index contributed by atoms with van der Waals surface area (Å²) in [5, 5.41) is 14.4. The van der Waals surface area contributed by atoms with E-state index in [1.165, 1.54) is 23.1 Å². The summed E-state index contributed by atoms with van der Waals surface area (Å²) in [6.45, 7) is 1.54. The molecule has 0 saturated heterocycles. The molecule has 0 aromatic heterocycles. The standard InChI is InChI=1S/C23H18ClFN2O3/c1-14-9-10-19(18(24)11-14)26-21(28)13-27-20-8-3-2-7-17(20)23(30,22(27)29)15-5-4-6-16(25)12-15/h2-12,30H,13H2,1H3,(H,26,28)/t23-/m0/s1. The van der Waals surface area contributed by atoms with E-state index in [9.17, 15) is 19.1 Å². The Balaban J connectivity index is 1.66. The second-order valence-electron chi connectivity index (χ2n) is 7.16. The minimum Gasteiger partial charge on any atom is -0.372 e. The van der Waals surface area contributed by atoms with Gasteiger partial charge in [-0.15, -0.1) is 0 Å². The zero-order valence-corrected chi connectivity index (χ0v) is 16.8. The maximum absolute atomic E-state index is 13.8. The van der Waals surface area contributed by atoms with Crippen LogP contribution in [0.3, 0.4) is 0 Å². The number of benzene rings is 3. The van der Waals surface area contributed by atoms with Crippen LogP contribution in [0.15, 0.2) is 66.7 Å². The molecule has 3 aromatic carbocycles. The van der Waals surface area contributed by atoms with Crippen LogP contribution in [0.2, 0.25) is 5.02 Å². The lowest BCUT2D eigenvalue weighted by Gasteiger charge is -2.23. The first kappa shape index (κ1) is 20.1. The summed E-state index contributed by atoms with van der Waals surface area (Å²) in [5.41, 5.74) is 0.0699. The van der Waals surface area contributed by atoms with Crippen LogP contribution >= 0.6 is 11.6 Å². The fourth-order valence-corrected chi connectivity index (χ4v) is 3.92. The molecular weight excluding hydrogens is 407 g/mol. The second kappa shape index (κ2) is 7.55. The van der Waals surface area contributed by atoms with E-state index in [0.717, 1.165) is 11.6 Å². The lowest BCUT2D eigenvalue weighted by molar-refractivity contribution is -0.133. The topological polar surface area (TPSA) is 69.6 Å². The highest BCUT2D eigenvalue weighted by Gasteiger charge is 2.51. The Morgan fingerprint density at radius 3 is 2.63 bits per heavy atom. The van der Waals surface area contributed by atoms with Gasteiger partial charge in [-0.2, -0.15) is 0 Å². The smallest absolute Gasteiger partial charge is 0.268 e. The number of nitrogens with zero attached hydrogens (tertiary/aromatic N) is 1. The SMILES string of the molecule is Cc1ccc(NC(=O)CN2C(=O)[C@](O)(c3cccc(F)c3)c3ccccc32)c(Cl)c1. The molecule has 0 spiro atoms. The molecule has 1 aliphatic rings. The van der Waals surface area contributed by atoms with Gasteiger partial charge < -0.3 is 10.4 Å². The van der Waals surface area contributed by atoms with Crippen LogP contribution in [0.5, 0.6) is 0 Å². The number of anilines is 2. The summed E-state index contributed by atoms with van der Waals surface area (Å²) in [4.78, 5) is 27.1. The molecule has 152 valence electrons. The molecule has 1 aliphatic heterocycles. The van der Waals surface area contributed by atoms with E-state index >= 15 is 0 Å². The average Bonchev–Trinajstić information content (AvgIpc) is 2.93. The molecule has 3 aromatic rings. The van der Waals surface area contributed by atoms with Crippen molar-refractivity contribution in [1.29, 1.82) is 0 Å². The normalized spacial score (nSPS) is 17.7. The van der Waals surface area contributed by atoms with Gasteiger partial charge in [0.1, 0.15) is 12.4 Å². The molecule has 0 saturated carbocycles. The van der Waals surface area contributed by atoms with Gasteiger partial charge in [-0.05, 0) is 42.8 Å². The van der Waals surface area contributed by atoms with Crippen molar-refractivity contribution >= 4 is 34.8 Å². The lowest BCUT2D eigenvalue weighted by Crippen LogP contribution is -2.44. The molecule has 7 heteroatoms. The molecule has 30 heavy (non-hydrogen) atoms. The van der Waals surface area contributed by atoms with Crippen LogP contribution < -0.4 is 10.2 Å². The number of hydrogen-bond acceptors (Lipinski definition) is 3. The number of amides is 2. The number of rotatable bonds is 4. The van der Waals surface area contributed by atoms with Crippen LogP contribution in [0, 0.1) is 12.7 Å². The number of halogens is 2. The van der Waals surface area contributed by atoms with Crippen LogP contribution in [0.1, 0.15) is 16.7 Å². The highest BCUT2D eigenvalue weighted by molar-refractivity contribution is 6.33. The summed E-state index contributed by atoms with van der Waals surface area (Å²) in [5.74, 6) is -1.77. The van der Waals surface area contributed by atoms with E-state index in [0.29, 0.717) is 22.0 Å². The van der Waals surface area contributed by atoms with Crippen molar-refractivity contribution in [3.05, 3.63) is 94.3 Å². The van der Waals surface area contributed by atoms with Gasteiger partial charge in [0.25, 0.3) is 5.91 Å². The van der Waals surface area contributed by atoms with E-state index < -0.39 is 23.2 Å². The van der Waals surface area contributed by atoms with Crippen molar-refractivity contribution in [2.75, 3.05) is 16.8 Å². The Morgan fingerprint density at radius 2 is 1.90 bits per heavy atom. The van der Waals surface area contributed by atoms with Crippen LogP contribution in [-0.4, -0.2) is 23.5 Å². The monoisotopic (exact) mass is 424 g/mol. The molecule has 1 heterocycles. The molecule has 0 radical (unpaired) electrons. The maximum atomic E-state index is 13.8. The first-order valence-electron chi connectivity index (χ1n) is 9.26. The van der Waals surface area contributed by atoms with Gasteiger partial charge in [-0.1, -0.05) is 48.0 Å². The second-order valence-corrected chi connectivity index (χ2v) is 7.57. The Bertz CT molecular complexity index is 1170. The summed E-state index contributed by atoms with van der Waals surface area (Å²) in [6, 6.07) is 17.1. The number of aryl methyl sites for hydroxylation is 1. The zero-order chi connectivity index (χ0) is 21.5. The number of fused-ring (bicyclic) bond motifs is 1. The van der Waals surface area contributed by atoms with E-state index in [1.807, 2.05) is 6.92 Å². The van der Waals surface area contributed by atoms with Crippen molar-refractivity contribution in [3.63, 3.8) is 0 Å². The van der Waals surface area contributed by atoms with Crippen molar-refractivity contribution in [1.82, 2.24) is 0 Å². The van der Waals surface area contributed by atoms with Gasteiger partial charge in [0, 0.05) is 11.1 Å². The van der Waals surface area contributed by atoms with E-state index in [4.69, 9.17) is 11.6 Å². The van der Waals surface area contributed by atoms with Gasteiger partial charge in [0.05, 0.1) is 16.4 Å². The fourth-order valence-electron chi connectivity index (χ4n) is 3.64. The van der Waals surface area contributed by atoms with Crippen molar-refractivity contribution < 1.29 is 19.1 Å². The number of hydrogen-bond donors (Lipinski definition) is 2. The van der Waals surface area contributed by atoms with Crippen molar-refractivity contribution in [3.8, 4) is 0 Å². The predicted molar refractivity (Wildman–Crippen MR) is 113 cm³/mol. The van der Waals surface area contributed by atoms with Crippen molar-refractivity contribution in [2.24, 2.45) is 0 Å². The molecular formula is C23H18ClFN2O3. The van der Waals surface area contributed by atoms with Crippen LogP contribution in [-0.2, 0) is 15.2 Å². The molecule has 0 bridgehead atoms. The Hall–Kier alpha value is -3.22. The minimum atomic E-state index is -2.08. The minimum absolute atomic E-state index is 0.101. The summed E-state index contributed by atoms with van der Waals surface area (Å²) >= 11 is 6.17. The summed E-state index contributed by atoms with van der Waals surface area (Å²) in [7, 11) is 0. The van der Waals surface area contributed by atoms with Gasteiger partial charge in [0.15, 0.2) is 5.60 Å². The van der Waals surface area contributed by atoms with E-state index in [-0.39, 0.29) is 12.1 Å². The number of para-hydroxylation sites is 1. The Kier molecular flexibility index (Phi) is 5.05. The third-order valence-corrected chi connectivity index (χ3v) is 5.39. The van der Waals surface area contributed by atoms with Gasteiger partial charge in [0.2, 0.25) is 5.91 Å². The van der Waals surface area contributed by atoms with Crippen LogP contribution in [0.25, 0.3) is 0 Å². The molecule has 0 aliphatic carbocycles. The largest absolute Gasteiger partial charge is 0.372 e. The molecule has 5 nitrogen and oxygen atoms in total. The van der Waals surface area contributed by atoms with Gasteiger partial charge in [-0.25, -0.2) is 4.39 Å². The first-order valence-corrected chi connectivity index (χ1v) is 9.64. The molecule has 0 unspecified atom stereocenters. The quantitative estimate of drug-likeness (QED) is 0.665. The fraction of sp³-hybridized carbons (Fsp3) is 0.130. The number of aliphatic hydroxyl groups is 1. The number of carbonyl (C=O) groups excluding carboxylic acids is 2. The summed E-state index contributed by atoms with van der Waals surface area (Å²) in [6.07, 6.45) is 0. The maximum Gasteiger partial charge on any atom is 0.268 e. The molecule has 2 N–H and O–H groups in total. The summed E-state index contributed by atoms with van der Waals surface area (Å²) < 4.78 is 13.8. The molecule has 1 atom stereocenters. The molecule has 0 fully saturated rings. The Morgan fingerprint density at radius 1 is 1.13 bits per heavy atom. The number of carbonyl (C=O) groups is 2. The highest BCUT2D eigenvalue weighted by Crippen LogP contribution is 2.44. The average molecular weight is 425 g/mol. The lowest BCUT2D eigenvalue weighted by atomic mass is 9.87. The Labute approximate surface area is 177 Å². The van der Waals surface area contributed by atoms with E-state index in [2.05, 4.69) is 5.32 Å². The van der Waals surface area contributed by atoms with Gasteiger partial charge in [-0.3, -0.25) is 14.5 Å². The van der Waals surface area contributed by atoms with Crippen molar-refractivity contribution in [2.45, 2.75) is 12.5 Å². The predicted octanol–water partition coefficient (Wildman–Crippen LogP) is 4.01. The zero-order valence-electron chi connectivity index (χ0n) is 16.0. The molecule has 2 amide bonds. The molecule has 4 rings (SSSR count). The highest BCUT2D eigenvalue weighted by atomic mass is 35.5.